The molecule has 5 aliphatic rings. The number of carbonyl (C=O) groups is 2. The van der Waals surface area contributed by atoms with E-state index in [0.717, 1.165) is 0 Å². The maximum absolute atomic E-state index is 12.7. The number of aliphatic carboxylic acids is 1. The van der Waals surface area contributed by atoms with Crippen LogP contribution in [0.5, 0.6) is 0 Å². The molecule has 25 atom stereocenters. The zero-order valence-corrected chi connectivity index (χ0v) is 36.2. The van der Waals surface area contributed by atoms with Crippen LogP contribution in [0.25, 0.3) is 31.3 Å². The lowest BCUT2D eigenvalue weighted by Gasteiger charge is -2.50. The normalized spacial score (nSPS) is 47.2. The van der Waals surface area contributed by atoms with Crippen LogP contribution in [-0.2, 0) is 57.0 Å². The SMILES string of the molecule is CC1[C@H](O[C@H]2C(CO)O[C@@H](O[C@H]3C(OC=O)O[C@@H](O[C@H]4C(CO)O[C@@H](C)C(N=[N+]=[N-])[C@H]4C)C(O)[C@H]3C)C(N=[N+]=[N-])[C@H]2O)OC(C(=O)O)[C@H](O[C@@H]2OC(CO)[C@H](C)[C@H](C)C2N=[N+]=[N-])[C@@H]1C. The molecule has 6 N–H and O–H groups in total. The fourth-order valence-electron chi connectivity index (χ4n) is 9.13. The third-order valence-corrected chi connectivity index (χ3v) is 13.4. The Balaban J connectivity index is 1.32. The number of hydrogen-bond donors (Lipinski definition) is 6. The van der Waals surface area contributed by atoms with Crippen molar-refractivity contribution in [2.24, 2.45) is 50.9 Å². The van der Waals surface area contributed by atoms with E-state index in [4.69, 9.17) is 52.9 Å². The average molecular weight is 918 g/mol. The van der Waals surface area contributed by atoms with Crippen LogP contribution in [0.4, 0.5) is 0 Å². The minimum Gasteiger partial charge on any atom is -0.479 e. The highest BCUT2D eigenvalue weighted by molar-refractivity contribution is 5.73. The zero-order chi connectivity index (χ0) is 47.2. The summed E-state index contributed by atoms with van der Waals surface area (Å²) in [5.74, 6) is -4.98. The van der Waals surface area contributed by atoms with E-state index in [0.29, 0.717) is 0 Å². The van der Waals surface area contributed by atoms with E-state index in [-0.39, 0.29) is 24.9 Å². The van der Waals surface area contributed by atoms with Crippen molar-refractivity contribution >= 4 is 12.4 Å². The summed E-state index contributed by atoms with van der Waals surface area (Å²) >= 11 is 0. The van der Waals surface area contributed by atoms with Crippen molar-refractivity contribution in [2.45, 2.75) is 165 Å². The number of carbonyl (C=O) groups excluding carboxylic acids is 1. The molecule has 5 saturated heterocycles. The molecule has 10 unspecified atom stereocenters. The second-order valence-electron chi connectivity index (χ2n) is 17.0. The molecule has 5 fully saturated rings. The van der Waals surface area contributed by atoms with Crippen molar-refractivity contribution in [3.8, 4) is 0 Å². The third kappa shape index (κ3) is 10.6. The van der Waals surface area contributed by atoms with Crippen LogP contribution in [0.2, 0.25) is 0 Å². The minimum atomic E-state index is -1.82. The Bertz CT molecular complexity index is 1730. The Morgan fingerprint density at radius 2 is 1.08 bits per heavy atom. The predicted octanol–water partition coefficient (Wildman–Crippen LogP) is 0.981. The molecule has 0 aromatic rings. The number of carboxylic acid groups (broad SMARTS) is 1. The molecule has 0 radical (unpaired) electrons. The number of carboxylic acids is 1. The first-order chi connectivity index (χ1) is 30.5. The first-order valence-corrected chi connectivity index (χ1v) is 21.0. The van der Waals surface area contributed by atoms with Gasteiger partial charge in [0.05, 0.1) is 56.3 Å². The van der Waals surface area contributed by atoms with Crippen molar-refractivity contribution in [1.82, 2.24) is 0 Å². The number of nitrogens with zero attached hydrogens (tertiary/aromatic N) is 9. The largest absolute Gasteiger partial charge is 0.479 e. The van der Waals surface area contributed by atoms with Crippen molar-refractivity contribution in [3.63, 3.8) is 0 Å². The molecule has 27 nitrogen and oxygen atoms in total. The van der Waals surface area contributed by atoms with Crippen LogP contribution in [0.1, 0.15) is 48.5 Å². The van der Waals surface area contributed by atoms with Gasteiger partial charge in [-0.15, -0.1) is 0 Å². The van der Waals surface area contributed by atoms with E-state index < -0.39 is 160 Å². The van der Waals surface area contributed by atoms with Crippen LogP contribution >= 0.6 is 0 Å². The molecule has 5 heterocycles. The number of hydrogen-bond acceptors (Lipinski definition) is 20. The van der Waals surface area contributed by atoms with E-state index in [1.807, 2.05) is 6.92 Å². The Kier molecular flexibility index (Phi) is 18.2. The highest BCUT2D eigenvalue weighted by Crippen LogP contribution is 2.42. The second-order valence-corrected chi connectivity index (χ2v) is 17.0. The minimum absolute atomic E-state index is 0.0481. The zero-order valence-electron chi connectivity index (χ0n) is 36.2. The van der Waals surface area contributed by atoms with E-state index in [2.05, 4.69) is 30.1 Å². The molecule has 0 saturated carbocycles. The fraction of sp³-hybridized carbons (Fsp3) is 0.946. The lowest BCUT2D eigenvalue weighted by Crippen LogP contribution is -2.65. The van der Waals surface area contributed by atoms with Gasteiger partial charge in [0.15, 0.2) is 31.3 Å². The van der Waals surface area contributed by atoms with Gasteiger partial charge >= 0.3 is 5.97 Å². The lowest BCUT2D eigenvalue weighted by molar-refractivity contribution is -0.383. The highest BCUT2D eigenvalue weighted by Gasteiger charge is 2.56. The van der Waals surface area contributed by atoms with Gasteiger partial charge < -0.3 is 78.0 Å². The molecule has 0 aromatic carbocycles. The summed E-state index contributed by atoms with van der Waals surface area (Å²) in [5, 5.41) is 75.4. The molecule has 64 heavy (non-hydrogen) atoms. The molecular formula is C37H59N9O18. The molecule has 0 spiro atoms. The number of aliphatic hydroxyl groups excluding tert-OH is 5. The average Bonchev–Trinajstić information content (AvgIpc) is 3.27. The standard InChI is InChI=1S/C37H59N9O18/c1-12-13(2)23(42-45-39)34(57-19(12)8-47)60-28-14(3)15(4)33(63-31(28)32(53)54)62-30-21(10-49)58-35(24(26(30)52)43-46-40)61-29-17(6)25(51)36(64-37(29)55-11-50)59-27-16(5)22(41-44-38)18(7)56-20(27)9-48/h11-31,33-37,47-49,51-52H,8-10H2,1-7H3,(H,53,54)/t12-,13+,14-,15?,16-,17-,18+,19?,20?,21?,22?,23?,24?,25?,26-,27-,28-,29-,30+,31?,33-,34+,35+,36-,37?/m1/s1. The van der Waals surface area contributed by atoms with E-state index in [9.17, 15) is 51.3 Å². The summed E-state index contributed by atoms with van der Waals surface area (Å²) in [6.07, 6.45) is -21.4. The molecule has 0 amide bonds. The maximum atomic E-state index is 12.7. The first-order valence-electron chi connectivity index (χ1n) is 21.0. The summed E-state index contributed by atoms with van der Waals surface area (Å²) in [6, 6.07) is -3.25. The molecule has 27 heteroatoms. The summed E-state index contributed by atoms with van der Waals surface area (Å²) in [7, 11) is 0. The monoisotopic (exact) mass is 917 g/mol. The van der Waals surface area contributed by atoms with Crippen molar-refractivity contribution in [2.75, 3.05) is 19.8 Å². The Morgan fingerprint density at radius 1 is 0.547 bits per heavy atom. The van der Waals surface area contributed by atoms with E-state index >= 15 is 0 Å². The van der Waals surface area contributed by atoms with Gasteiger partial charge in [-0.25, -0.2) is 4.79 Å². The van der Waals surface area contributed by atoms with Gasteiger partial charge in [-0.1, -0.05) is 56.9 Å². The first kappa shape index (κ1) is 51.3. The number of azide groups is 3. The Morgan fingerprint density at radius 3 is 1.67 bits per heavy atom. The third-order valence-electron chi connectivity index (χ3n) is 13.4. The smallest absolute Gasteiger partial charge is 0.335 e. The van der Waals surface area contributed by atoms with Crippen LogP contribution < -0.4 is 0 Å². The molecule has 360 valence electrons. The van der Waals surface area contributed by atoms with Gasteiger partial charge in [0.1, 0.15) is 42.7 Å². The van der Waals surface area contributed by atoms with Gasteiger partial charge in [0, 0.05) is 26.6 Å². The molecule has 5 aliphatic heterocycles. The van der Waals surface area contributed by atoms with Crippen molar-refractivity contribution in [3.05, 3.63) is 31.3 Å². The Hall–Kier alpha value is -3.69. The van der Waals surface area contributed by atoms with Gasteiger partial charge in [-0.3, -0.25) is 4.79 Å². The van der Waals surface area contributed by atoms with Crippen molar-refractivity contribution in [1.29, 1.82) is 0 Å². The fourth-order valence-corrected chi connectivity index (χ4v) is 9.13. The van der Waals surface area contributed by atoms with Gasteiger partial charge in [0.2, 0.25) is 6.29 Å². The van der Waals surface area contributed by atoms with E-state index in [1.165, 1.54) is 6.92 Å². The summed E-state index contributed by atoms with van der Waals surface area (Å²) in [6.45, 7) is 10.1. The quantitative estimate of drug-likeness (QED) is 0.0512. The summed E-state index contributed by atoms with van der Waals surface area (Å²) in [4.78, 5) is 33.1. The number of aliphatic hydroxyl groups is 5. The van der Waals surface area contributed by atoms with Crippen LogP contribution in [0.3, 0.4) is 0 Å². The molecule has 0 bridgehead atoms. The number of rotatable bonds is 17. The number of ether oxygens (including phenoxy) is 10. The highest BCUT2D eigenvalue weighted by atomic mass is 16.8. The molecule has 0 aliphatic carbocycles. The second kappa shape index (κ2) is 22.7. The van der Waals surface area contributed by atoms with Gasteiger partial charge in [0.25, 0.3) is 6.47 Å². The summed E-state index contributed by atoms with van der Waals surface area (Å²) < 4.78 is 59.5. The van der Waals surface area contributed by atoms with Crippen LogP contribution in [0, 0.1) is 35.5 Å². The maximum Gasteiger partial charge on any atom is 0.335 e. The molecular weight excluding hydrogens is 858 g/mol. The van der Waals surface area contributed by atoms with Crippen molar-refractivity contribution < 1.29 is 87.6 Å². The van der Waals surface area contributed by atoms with Crippen LogP contribution in [0.15, 0.2) is 15.3 Å². The van der Waals surface area contributed by atoms with Gasteiger partial charge in [-0.2, -0.15) is 0 Å². The van der Waals surface area contributed by atoms with Crippen LogP contribution in [-0.4, -0.2) is 180 Å². The lowest BCUT2D eigenvalue weighted by atomic mass is 9.81. The summed E-state index contributed by atoms with van der Waals surface area (Å²) in [5.41, 5.74) is 28.0. The Labute approximate surface area is 366 Å². The predicted molar refractivity (Wildman–Crippen MR) is 210 cm³/mol. The van der Waals surface area contributed by atoms with E-state index in [1.54, 1.807) is 34.6 Å². The van der Waals surface area contributed by atoms with Gasteiger partial charge in [-0.05, 0) is 47.2 Å². The molecule has 0 aromatic heterocycles. The molecule has 5 rings (SSSR count). The topological polar surface area (TPSA) is 394 Å².